The lowest BCUT2D eigenvalue weighted by Gasteiger charge is -2.38. The summed E-state index contributed by atoms with van der Waals surface area (Å²) >= 11 is 0. The lowest BCUT2D eigenvalue weighted by Crippen LogP contribution is -2.55. The molecule has 2 aliphatic rings. The summed E-state index contributed by atoms with van der Waals surface area (Å²) in [5.74, 6) is -0.523. The summed E-state index contributed by atoms with van der Waals surface area (Å²) in [6, 6.07) is 8.16. The van der Waals surface area contributed by atoms with Gasteiger partial charge in [0, 0.05) is 26.2 Å². The third-order valence-corrected chi connectivity index (χ3v) is 5.36. The van der Waals surface area contributed by atoms with E-state index in [1.807, 2.05) is 41.0 Å². The van der Waals surface area contributed by atoms with Gasteiger partial charge in [-0.3, -0.25) is 19.3 Å². The van der Waals surface area contributed by atoms with Crippen LogP contribution in [-0.4, -0.2) is 71.7 Å². The molecule has 1 aromatic rings. The molecule has 2 saturated heterocycles. The van der Waals surface area contributed by atoms with Gasteiger partial charge in [-0.15, -0.1) is 0 Å². The van der Waals surface area contributed by atoms with Crippen molar-refractivity contribution in [2.75, 3.05) is 39.3 Å². The number of piperazine rings is 1. The second-order valence-corrected chi connectivity index (χ2v) is 7.60. The fourth-order valence-corrected chi connectivity index (χ4v) is 3.86. The number of aryl methyl sites for hydroxylation is 1. The lowest BCUT2D eigenvalue weighted by atomic mass is 9.96. The summed E-state index contributed by atoms with van der Waals surface area (Å²) in [6.45, 7) is 5.38. The summed E-state index contributed by atoms with van der Waals surface area (Å²) in [4.78, 5) is 41.9. The lowest BCUT2D eigenvalue weighted by molar-refractivity contribution is -0.149. The summed E-state index contributed by atoms with van der Waals surface area (Å²) in [7, 11) is 0. The Labute approximate surface area is 160 Å². The Bertz CT molecular complexity index is 704. The molecule has 2 fully saturated rings. The van der Waals surface area contributed by atoms with Gasteiger partial charge in [0.05, 0.1) is 19.0 Å². The number of piperidine rings is 1. The van der Waals surface area contributed by atoms with Gasteiger partial charge in [0.1, 0.15) is 0 Å². The number of nitrogens with zero attached hydrogens (tertiary/aromatic N) is 3. The molecule has 7 heteroatoms. The number of amides is 3. The Morgan fingerprint density at radius 3 is 2.56 bits per heavy atom. The van der Waals surface area contributed by atoms with Crippen molar-refractivity contribution in [1.82, 2.24) is 14.7 Å². The number of primary amides is 1. The average Bonchev–Trinajstić information content (AvgIpc) is 2.64. The number of nitrogens with two attached hydrogens (primary N) is 1. The van der Waals surface area contributed by atoms with Crippen molar-refractivity contribution >= 4 is 17.7 Å². The van der Waals surface area contributed by atoms with Gasteiger partial charge >= 0.3 is 0 Å². The van der Waals surface area contributed by atoms with E-state index in [1.165, 1.54) is 5.56 Å². The van der Waals surface area contributed by atoms with Crippen molar-refractivity contribution < 1.29 is 14.4 Å². The maximum atomic E-state index is 12.8. The molecule has 0 radical (unpaired) electrons. The van der Waals surface area contributed by atoms with Gasteiger partial charge in [0.15, 0.2) is 0 Å². The first-order valence-electron chi connectivity index (χ1n) is 9.55. The van der Waals surface area contributed by atoms with E-state index >= 15 is 0 Å². The Balaban J connectivity index is 1.53. The molecule has 2 aliphatic heterocycles. The van der Waals surface area contributed by atoms with Crippen molar-refractivity contribution in [1.29, 1.82) is 0 Å². The minimum Gasteiger partial charge on any atom is -0.369 e. The molecule has 2 N–H and O–H groups in total. The van der Waals surface area contributed by atoms with Crippen LogP contribution < -0.4 is 5.73 Å². The summed E-state index contributed by atoms with van der Waals surface area (Å²) < 4.78 is 0. The number of hydrogen-bond donors (Lipinski definition) is 1. The zero-order valence-corrected chi connectivity index (χ0v) is 15.9. The molecule has 0 spiro atoms. The fraction of sp³-hybridized carbons (Fsp3) is 0.550. The second-order valence-electron chi connectivity index (χ2n) is 7.60. The van der Waals surface area contributed by atoms with Crippen LogP contribution in [0.4, 0.5) is 0 Å². The minimum atomic E-state index is -0.372. The highest BCUT2D eigenvalue weighted by molar-refractivity contribution is 5.87. The highest BCUT2D eigenvalue weighted by Crippen LogP contribution is 2.20. The molecule has 0 bridgehead atoms. The van der Waals surface area contributed by atoms with Gasteiger partial charge < -0.3 is 15.5 Å². The fourth-order valence-electron chi connectivity index (χ4n) is 3.86. The SMILES string of the molecule is Cc1ccc(CN2CCN(C(=O)[C@H]3CCCN(CC(N)=O)C3)CC2=O)cc1. The van der Waals surface area contributed by atoms with Crippen LogP contribution in [0, 0.1) is 12.8 Å². The number of benzene rings is 1. The highest BCUT2D eigenvalue weighted by atomic mass is 16.2. The first-order valence-corrected chi connectivity index (χ1v) is 9.55. The number of likely N-dealkylation sites (tertiary alicyclic amines) is 1. The van der Waals surface area contributed by atoms with E-state index in [-0.39, 0.29) is 36.7 Å². The third kappa shape index (κ3) is 5.07. The summed E-state index contributed by atoms with van der Waals surface area (Å²) in [5, 5.41) is 0. The second kappa shape index (κ2) is 8.52. The van der Waals surface area contributed by atoms with Crippen LogP contribution in [0.25, 0.3) is 0 Å². The monoisotopic (exact) mass is 372 g/mol. The number of carbonyl (C=O) groups is 3. The first-order chi connectivity index (χ1) is 12.9. The number of hydrogen-bond acceptors (Lipinski definition) is 4. The Hall–Kier alpha value is -2.41. The zero-order valence-electron chi connectivity index (χ0n) is 15.9. The highest BCUT2D eigenvalue weighted by Gasteiger charge is 2.33. The standard InChI is InChI=1S/C20H28N4O3/c1-15-4-6-16(7-5-15)11-23-9-10-24(14-19(23)26)20(27)17-3-2-8-22(12-17)13-18(21)25/h4-7,17H,2-3,8-14H2,1H3,(H2,21,25)/t17-/m0/s1. The Morgan fingerprint density at radius 2 is 1.89 bits per heavy atom. The Morgan fingerprint density at radius 1 is 1.15 bits per heavy atom. The smallest absolute Gasteiger partial charge is 0.242 e. The van der Waals surface area contributed by atoms with Crippen LogP contribution in [0.2, 0.25) is 0 Å². The third-order valence-electron chi connectivity index (χ3n) is 5.36. The van der Waals surface area contributed by atoms with Gasteiger partial charge in [0.2, 0.25) is 17.7 Å². The molecule has 3 amide bonds. The molecule has 0 saturated carbocycles. The van der Waals surface area contributed by atoms with E-state index < -0.39 is 0 Å². The van der Waals surface area contributed by atoms with Crippen LogP contribution in [0.3, 0.4) is 0 Å². The number of carbonyl (C=O) groups excluding carboxylic acids is 3. The predicted octanol–water partition coefficient (Wildman–Crippen LogP) is 0.363. The average molecular weight is 372 g/mol. The van der Waals surface area contributed by atoms with Crippen molar-refractivity contribution in [3.63, 3.8) is 0 Å². The molecule has 0 unspecified atom stereocenters. The molecule has 1 aromatic carbocycles. The zero-order chi connectivity index (χ0) is 19.4. The summed E-state index contributed by atoms with van der Waals surface area (Å²) in [5.41, 5.74) is 7.56. The molecule has 3 rings (SSSR count). The van der Waals surface area contributed by atoms with Gasteiger partial charge in [-0.2, -0.15) is 0 Å². The van der Waals surface area contributed by atoms with Crippen LogP contribution in [0.1, 0.15) is 24.0 Å². The van der Waals surface area contributed by atoms with Crippen LogP contribution in [0.5, 0.6) is 0 Å². The van der Waals surface area contributed by atoms with Crippen molar-refractivity contribution in [2.24, 2.45) is 11.7 Å². The van der Waals surface area contributed by atoms with E-state index in [0.717, 1.165) is 24.9 Å². The quantitative estimate of drug-likeness (QED) is 0.809. The largest absolute Gasteiger partial charge is 0.369 e. The molecule has 0 aromatic heterocycles. The van der Waals surface area contributed by atoms with Gasteiger partial charge in [-0.05, 0) is 31.9 Å². The molecule has 146 valence electrons. The van der Waals surface area contributed by atoms with Crippen molar-refractivity contribution in [2.45, 2.75) is 26.3 Å². The molecular formula is C20H28N4O3. The minimum absolute atomic E-state index is 0.0139. The van der Waals surface area contributed by atoms with Crippen LogP contribution >= 0.6 is 0 Å². The topological polar surface area (TPSA) is 86.9 Å². The molecule has 27 heavy (non-hydrogen) atoms. The maximum Gasteiger partial charge on any atom is 0.242 e. The molecule has 0 aliphatic carbocycles. The Kier molecular flexibility index (Phi) is 6.11. The van der Waals surface area contributed by atoms with Crippen LogP contribution in [0.15, 0.2) is 24.3 Å². The normalized spacial score (nSPS) is 21.4. The number of rotatable bonds is 5. The van der Waals surface area contributed by atoms with Crippen LogP contribution in [-0.2, 0) is 20.9 Å². The molecule has 1 atom stereocenters. The van der Waals surface area contributed by atoms with E-state index in [1.54, 1.807) is 4.90 Å². The summed E-state index contributed by atoms with van der Waals surface area (Å²) in [6.07, 6.45) is 1.66. The van der Waals surface area contributed by atoms with Crippen molar-refractivity contribution in [3.8, 4) is 0 Å². The van der Waals surface area contributed by atoms with Gasteiger partial charge in [-0.1, -0.05) is 29.8 Å². The van der Waals surface area contributed by atoms with E-state index in [9.17, 15) is 14.4 Å². The van der Waals surface area contributed by atoms with E-state index in [2.05, 4.69) is 0 Å². The van der Waals surface area contributed by atoms with E-state index in [4.69, 9.17) is 5.73 Å². The maximum absolute atomic E-state index is 12.8. The van der Waals surface area contributed by atoms with Crippen molar-refractivity contribution in [3.05, 3.63) is 35.4 Å². The van der Waals surface area contributed by atoms with Gasteiger partial charge in [0.25, 0.3) is 0 Å². The molecule has 2 heterocycles. The molecular weight excluding hydrogens is 344 g/mol. The van der Waals surface area contributed by atoms with E-state index in [0.29, 0.717) is 26.2 Å². The predicted molar refractivity (Wildman–Crippen MR) is 102 cm³/mol. The molecule has 7 nitrogen and oxygen atoms in total. The van der Waals surface area contributed by atoms with Gasteiger partial charge in [-0.25, -0.2) is 0 Å². The first kappa shape index (κ1) is 19.4.